The fourth-order valence-electron chi connectivity index (χ4n) is 2.55. The van der Waals surface area contributed by atoms with Gasteiger partial charge in [-0.1, -0.05) is 51.5 Å². The lowest BCUT2D eigenvalue weighted by molar-refractivity contribution is 0.159. The van der Waals surface area contributed by atoms with Gasteiger partial charge >= 0.3 is 0 Å². The third-order valence-corrected chi connectivity index (χ3v) is 3.66. The molecule has 0 aliphatic rings. The second kappa shape index (κ2) is 7.80. The molecule has 0 radical (unpaired) electrons. The van der Waals surface area contributed by atoms with Crippen molar-refractivity contribution in [3.05, 3.63) is 35.4 Å². The molecule has 0 aliphatic heterocycles. The molecule has 1 unspecified atom stereocenters. The van der Waals surface area contributed by atoms with Crippen molar-refractivity contribution in [2.45, 2.75) is 65.5 Å². The Balaban J connectivity index is 2.53. The minimum absolute atomic E-state index is 0.0906. The summed E-state index contributed by atoms with van der Waals surface area (Å²) in [7, 11) is 0. The van der Waals surface area contributed by atoms with Gasteiger partial charge in [0.2, 0.25) is 0 Å². The van der Waals surface area contributed by atoms with E-state index in [4.69, 9.17) is 0 Å². The molecule has 2 nitrogen and oxygen atoms in total. The van der Waals surface area contributed by atoms with Crippen LogP contribution in [0.2, 0.25) is 0 Å². The molecule has 1 aromatic carbocycles. The van der Waals surface area contributed by atoms with Gasteiger partial charge in [-0.2, -0.15) is 0 Å². The second-order valence-electron chi connectivity index (χ2n) is 6.87. The van der Waals surface area contributed by atoms with E-state index in [9.17, 15) is 5.11 Å². The van der Waals surface area contributed by atoms with E-state index in [1.807, 2.05) is 0 Å². The van der Waals surface area contributed by atoms with Crippen molar-refractivity contribution in [1.82, 2.24) is 5.32 Å². The van der Waals surface area contributed by atoms with E-state index < -0.39 is 6.10 Å². The summed E-state index contributed by atoms with van der Waals surface area (Å²) in [5, 5.41) is 13.7. The SMILES string of the molecule is CCCC(C)(C)NCC(O)c1ccc(CC(C)C)cc1. The fourth-order valence-corrected chi connectivity index (χ4v) is 2.55. The first kappa shape index (κ1) is 17.2. The summed E-state index contributed by atoms with van der Waals surface area (Å²) >= 11 is 0. The Hall–Kier alpha value is -0.860. The molecular formula is C18H31NO. The van der Waals surface area contributed by atoms with Crippen LogP contribution in [0.15, 0.2) is 24.3 Å². The Labute approximate surface area is 124 Å². The summed E-state index contributed by atoms with van der Waals surface area (Å²) < 4.78 is 0. The van der Waals surface area contributed by atoms with E-state index in [0.717, 1.165) is 24.8 Å². The number of aliphatic hydroxyl groups is 1. The average Bonchev–Trinajstić information content (AvgIpc) is 2.36. The molecule has 1 rings (SSSR count). The van der Waals surface area contributed by atoms with Crippen molar-refractivity contribution in [2.24, 2.45) is 5.92 Å². The van der Waals surface area contributed by atoms with E-state index in [-0.39, 0.29) is 5.54 Å². The molecule has 0 fully saturated rings. The quantitative estimate of drug-likeness (QED) is 0.750. The van der Waals surface area contributed by atoms with Gasteiger partial charge in [-0.3, -0.25) is 0 Å². The number of aliphatic hydroxyl groups excluding tert-OH is 1. The molecule has 0 amide bonds. The molecule has 20 heavy (non-hydrogen) atoms. The first-order valence-electron chi connectivity index (χ1n) is 7.86. The Morgan fingerprint density at radius 1 is 1.15 bits per heavy atom. The van der Waals surface area contributed by atoms with Crippen LogP contribution in [-0.2, 0) is 6.42 Å². The van der Waals surface area contributed by atoms with E-state index in [1.165, 1.54) is 5.56 Å². The standard InChI is InChI=1S/C18H31NO/c1-6-11-18(4,5)19-13-17(20)16-9-7-15(8-10-16)12-14(2)3/h7-10,14,17,19-20H,6,11-13H2,1-5H3. The van der Waals surface area contributed by atoms with Gasteiger partial charge in [-0.15, -0.1) is 0 Å². The molecule has 114 valence electrons. The van der Waals surface area contributed by atoms with Gasteiger partial charge in [-0.25, -0.2) is 0 Å². The minimum Gasteiger partial charge on any atom is -0.387 e. The third-order valence-electron chi connectivity index (χ3n) is 3.66. The van der Waals surface area contributed by atoms with Crippen molar-refractivity contribution in [3.8, 4) is 0 Å². The topological polar surface area (TPSA) is 32.3 Å². The zero-order valence-electron chi connectivity index (χ0n) is 13.7. The summed E-state index contributed by atoms with van der Waals surface area (Å²) in [6.45, 7) is 11.6. The maximum absolute atomic E-state index is 10.3. The van der Waals surface area contributed by atoms with Gasteiger partial charge in [0.05, 0.1) is 6.10 Å². The number of benzene rings is 1. The average molecular weight is 277 g/mol. The van der Waals surface area contributed by atoms with Gasteiger partial charge in [0, 0.05) is 12.1 Å². The monoisotopic (exact) mass is 277 g/mol. The van der Waals surface area contributed by atoms with Crippen molar-refractivity contribution >= 4 is 0 Å². The number of β-amino-alcohol motifs (C(OH)–C–C–N with tert-alkyl or cyclic N) is 1. The zero-order valence-corrected chi connectivity index (χ0v) is 13.7. The lowest BCUT2D eigenvalue weighted by Gasteiger charge is -2.27. The molecule has 0 spiro atoms. The predicted octanol–water partition coefficient (Wildman–Crippen LogP) is 4.09. The van der Waals surface area contributed by atoms with E-state index in [1.54, 1.807) is 0 Å². The molecular weight excluding hydrogens is 246 g/mol. The smallest absolute Gasteiger partial charge is 0.0914 e. The molecule has 0 saturated carbocycles. The predicted molar refractivity (Wildman–Crippen MR) is 86.9 cm³/mol. The second-order valence-corrected chi connectivity index (χ2v) is 6.87. The first-order chi connectivity index (χ1) is 9.34. The molecule has 0 aliphatic carbocycles. The summed E-state index contributed by atoms with van der Waals surface area (Å²) in [4.78, 5) is 0. The number of hydrogen-bond acceptors (Lipinski definition) is 2. The maximum Gasteiger partial charge on any atom is 0.0914 e. The van der Waals surface area contributed by atoms with Crippen LogP contribution in [0.25, 0.3) is 0 Å². The highest BCUT2D eigenvalue weighted by Gasteiger charge is 2.17. The highest BCUT2D eigenvalue weighted by atomic mass is 16.3. The Morgan fingerprint density at radius 3 is 2.25 bits per heavy atom. The maximum atomic E-state index is 10.3. The van der Waals surface area contributed by atoms with Gasteiger partial charge in [-0.05, 0) is 43.7 Å². The Kier molecular flexibility index (Phi) is 6.70. The molecule has 1 aromatic rings. The first-order valence-corrected chi connectivity index (χ1v) is 7.86. The molecule has 0 saturated heterocycles. The van der Waals surface area contributed by atoms with Crippen LogP contribution in [0.4, 0.5) is 0 Å². The molecule has 0 aromatic heterocycles. The van der Waals surface area contributed by atoms with E-state index in [2.05, 4.69) is 64.2 Å². The summed E-state index contributed by atoms with van der Waals surface area (Å²) in [6, 6.07) is 8.37. The van der Waals surface area contributed by atoms with Gasteiger partial charge in [0.15, 0.2) is 0 Å². The summed E-state index contributed by atoms with van der Waals surface area (Å²) in [5.41, 5.74) is 2.43. The molecule has 0 bridgehead atoms. The highest BCUT2D eigenvalue weighted by molar-refractivity contribution is 5.24. The van der Waals surface area contributed by atoms with E-state index >= 15 is 0 Å². The van der Waals surface area contributed by atoms with Crippen LogP contribution in [-0.4, -0.2) is 17.2 Å². The number of rotatable bonds is 8. The van der Waals surface area contributed by atoms with Crippen LogP contribution in [0.3, 0.4) is 0 Å². The van der Waals surface area contributed by atoms with Crippen LogP contribution >= 0.6 is 0 Å². The van der Waals surface area contributed by atoms with Gasteiger partial charge in [0.1, 0.15) is 0 Å². The van der Waals surface area contributed by atoms with Crippen molar-refractivity contribution in [2.75, 3.05) is 6.54 Å². The van der Waals surface area contributed by atoms with Crippen LogP contribution in [0.1, 0.15) is 64.7 Å². The van der Waals surface area contributed by atoms with Crippen LogP contribution < -0.4 is 5.32 Å². The fraction of sp³-hybridized carbons (Fsp3) is 0.667. The van der Waals surface area contributed by atoms with Gasteiger partial charge in [0.25, 0.3) is 0 Å². The minimum atomic E-state index is -0.431. The Morgan fingerprint density at radius 2 is 1.75 bits per heavy atom. The lowest BCUT2D eigenvalue weighted by Crippen LogP contribution is -2.41. The van der Waals surface area contributed by atoms with Crippen molar-refractivity contribution < 1.29 is 5.11 Å². The van der Waals surface area contributed by atoms with Gasteiger partial charge < -0.3 is 10.4 Å². The van der Waals surface area contributed by atoms with Crippen molar-refractivity contribution in [1.29, 1.82) is 0 Å². The third kappa shape index (κ3) is 6.06. The van der Waals surface area contributed by atoms with Crippen LogP contribution in [0.5, 0.6) is 0 Å². The normalized spacial score (nSPS) is 13.8. The van der Waals surface area contributed by atoms with Crippen molar-refractivity contribution in [3.63, 3.8) is 0 Å². The molecule has 2 heteroatoms. The lowest BCUT2D eigenvalue weighted by atomic mass is 9.97. The molecule has 0 heterocycles. The van der Waals surface area contributed by atoms with E-state index in [0.29, 0.717) is 12.5 Å². The number of nitrogens with one attached hydrogen (secondary N) is 1. The molecule has 2 N–H and O–H groups in total. The summed E-state index contributed by atoms with van der Waals surface area (Å²) in [5.74, 6) is 0.669. The Bertz CT molecular complexity index is 381. The zero-order chi connectivity index (χ0) is 15.2. The number of hydrogen-bond donors (Lipinski definition) is 2. The largest absolute Gasteiger partial charge is 0.387 e. The summed E-state index contributed by atoms with van der Waals surface area (Å²) in [6.07, 6.45) is 2.93. The highest BCUT2D eigenvalue weighted by Crippen LogP contribution is 2.17. The van der Waals surface area contributed by atoms with Crippen LogP contribution in [0, 0.1) is 5.92 Å². The molecule has 1 atom stereocenters.